The third-order valence-corrected chi connectivity index (χ3v) is 3.67. The SMILES string of the molecule is CC.CC1=C(N)C(C)C2CCCCN2C1. The zero-order valence-corrected chi connectivity index (χ0v) is 10.7. The van der Waals surface area contributed by atoms with Crippen molar-refractivity contribution in [1.29, 1.82) is 0 Å². The minimum absolute atomic E-state index is 0.578. The Balaban J connectivity index is 0.000000531. The Hall–Kier alpha value is -0.500. The van der Waals surface area contributed by atoms with Gasteiger partial charge in [-0.25, -0.2) is 0 Å². The lowest BCUT2D eigenvalue weighted by molar-refractivity contribution is 0.115. The van der Waals surface area contributed by atoms with Crippen LogP contribution >= 0.6 is 0 Å². The lowest BCUT2D eigenvalue weighted by Gasteiger charge is -2.43. The fourth-order valence-electron chi connectivity index (χ4n) is 2.77. The summed E-state index contributed by atoms with van der Waals surface area (Å²) in [4.78, 5) is 2.61. The van der Waals surface area contributed by atoms with E-state index in [-0.39, 0.29) is 0 Å². The predicted molar refractivity (Wildman–Crippen MR) is 66.6 cm³/mol. The molecule has 0 saturated carbocycles. The first kappa shape index (κ1) is 12.6. The zero-order chi connectivity index (χ0) is 11.4. The van der Waals surface area contributed by atoms with Crippen LogP contribution in [-0.2, 0) is 0 Å². The summed E-state index contributed by atoms with van der Waals surface area (Å²) in [5.41, 5.74) is 8.63. The summed E-state index contributed by atoms with van der Waals surface area (Å²) >= 11 is 0. The van der Waals surface area contributed by atoms with Crippen molar-refractivity contribution in [2.45, 2.75) is 53.0 Å². The van der Waals surface area contributed by atoms with E-state index in [9.17, 15) is 0 Å². The third kappa shape index (κ3) is 2.54. The second-order valence-electron chi connectivity index (χ2n) is 4.56. The molecular formula is C13H26N2. The van der Waals surface area contributed by atoms with Crippen LogP contribution in [0.15, 0.2) is 11.3 Å². The molecule has 1 fully saturated rings. The Morgan fingerprint density at radius 3 is 2.60 bits per heavy atom. The first-order valence-corrected chi connectivity index (χ1v) is 6.39. The third-order valence-electron chi connectivity index (χ3n) is 3.67. The number of nitrogens with two attached hydrogens (primary N) is 1. The van der Waals surface area contributed by atoms with Crippen molar-refractivity contribution in [2.75, 3.05) is 13.1 Å². The molecular weight excluding hydrogens is 184 g/mol. The molecule has 2 aliphatic rings. The van der Waals surface area contributed by atoms with E-state index in [4.69, 9.17) is 5.73 Å². The molecule has 0 aromatic heterocycles. The van der Waals surface area contributed by atoms with Crippen LogP contribution in [0.2, 0.25) is 0 Å². The highest BCUT2D eigenvalue weighted by Gasteiger charge is 2.32. The highest BCUT2D eigenvalue weighted by Crippen LogP contribution is 2.31. The molecule has 0 aromatic carbocycles. The number of nitrogens with zero attached hydrogens (tertiary/aromatic N) is 1. The fraction of sp³-hybridized carbons (Fsp3) is 0.846. The average Bonchev–Trinajstić information content (AvgIpc) is 2.29. The van der Waals surface area contributed by atoms with Gasteiger partial charge in [0.1, 0.15) is 0 Å². The van der Waals surface area contributed by atoms with Crippen molar-refractivity contribution < 1.29 is 0 Å². The molecule has 0 aliphatic carbocycles. The van der Waals surface area contributed by atoms with Crippen molar-refractivity contribution in [3.05, 3.63) is 11.3 Å². The molecule has 0 spiro atoms. The van der Waals surface area contributed by atoms with Gasteiger partial charge in [-0.05, 0) is 31.9 Å². The van der Waals surface area contributed by atoms with Crippen molar-refractivity contribution in [2.24, 2.45) is 11.7 Å². The monoisotopic (exact) mass is 210 g/mol. The van der Waals surface area contributed by atoms with Crippen molar-refractivity contribution >= 4 is 0 Å². The van der Waals surface area contributed by atoms with Gasteiger partial charge in [0.05, 0.1) is 0 Å². The average molecular weight is 210 g/mol. The second kappa shape index (κ2) is 5.55. The zero-order valence-electron chi connectivity index (χ0n) is 10.7. The molecule has 2 heterocycles. The first-order chi connectivity index (χ1) is 7.20. The molecule has 0 amide bonds. The molecule has 2 heteroatoms. The van der Waals surface area contributed by atoms with Gasteiger partial charge < -0.3 is 5.73 Å². The van der Waals surface area contributed by atoms with Gasteiger partial charge in [0.25, 0.3) is 0 Å². The minimum atomic E-state index is 0.578. The van der Waals surface area contributed by atoms with Crippen LogP contribution in [0.25, 0.3) is 0 Å². The molecule has 2 atom stereocenters. The normalized spacial score (nSPS) is 31.7. The van der Waals surface area contributed by atoms with Crippen molar-refractivity contribution in [3.63, 3.8) is 0 Å². The maximum absolute atomic E-state index is 6.08. The van der Waals surface area contributed by atoms with E-state index >= 15 is 0 Å². The number of fused-ring (bicyclic) bond motifs is 1. The topological polar surface area (TPSA) is 29.3 Å². The summed E-state index contributed by atoms with van der Waals surface area (Å²) in [6.07, 6.45) is 4.10. The highest BCUT2D eigenvalue weighted by molar-refractivity contribution is 5.19. The summed E-state index contributed by atoms with van der Waals surface area (Å²) in [5, 5.41) is 0. The van der Waals surface area contributed by atoms with Gasteiger partial charge in [-0.2, -0.15) is 0 Å². The molecule has 0 aromatic rings. The molecule has 1 saturated heterocycles. The van der Waals surface area contributed by atoms with Crippen LogP contribution in [0.5, 0.6) is 0 Å². The van der Waals surface area contributed by atoms with E-state index in [0.717, 1.165) is 18.3 Å². The van der Waals surface area contributed by atoms with Crippen molar-refractivity contribution in [3.8, 4) is 0 Å². The van der Waals surface area contributed by atoms with Gasteiger partial charge in [0.15, 0.2) is 0 Å². The molecule has 2 N–H and O–H groups in total. The van der Waals surface area contributed by atoms with Gasteiger partial charge in [-0.3, -0.25) is 4.90 Å². The summed E-state index contributed by atoms with van der Waals surface area (Å²) in [7, 11) is 0. The minimum Gasteiger partial charge on any atom is -0.402 e. The number of hydrogen-bond acceptors (Lipinski definition) is 2. The molecule has 2 nitrogen and oxygen atoms in total. The Labute approximate surface area is 94.5 Å². The molecule has 2 unspecified atom stereocenters. The van der Waals surface area contributed by atoms with Gasteiger partial charge >= 0.3 is 0 Å². The van der Waals surface area contributed by atoms with Crippen LogP contribution in [0.1, 0.15) is 47.0 Å². The maximum atomic E-state index is 6.08. The molecule has 2 rings (SSSR count). The summed E-state index contributed by atoms with van der Waals surface area (Å²) in [6.45, 7) is 10.8. The Morgan fingerprint density at radius 1 is 1.27 bits per heavy atom. The summed E-state index contributed by atoms with van der Waals surface area (Å²) < 4.78 is 0. The molecule has 0 radical (unpaired) electrons. The fourth-order valence-corrected chi connectivity index (χ4v) is 2.77. The molecule has 0 bridgehead atoms. The number of piperidine rings is 1. The van der Waals surface area contributed by atoms with E-state index in [1.165, 1.54) is 31.4 Å². The summed E-state index contributed by atoms with van der Waals surface area (Å²) in [6, 6.07) is 0.734. The second-order valence-corrected chi connectivity index (χ2v) is 4.56. The Kier molecular flexibility index (Phi) is 4.65. The summed E-state index contributed by atoms with van der Waals surface area (Å²) in [5.74, 6) is 0.578. The van der Waals surface area contributed by atoms with Gasteiger partial charge in [-0.1, -0.05) is 27.2 Å². The van der Waals surface area contributed by atoms with Crippen molar-refractivity contribution in [1.82, 2.24) is 4.90 Å². The standard InChI is InChI=1S/C11H20N2.C2H6/c1-8-7-13-6-4-3-5-10(13)9(2)11(8)12;1-2/h9-10H,3-7,12H2,1-2H3;1-2H3. The lowest BCUT2D eigenvalue weighted by Crippen LogP contribution is -2.49. The smallest absolute Gasteiger partial charge is 0.0213 e. The quantitative estimate of drug-likeness (QED) is 0.666. The van der Waals surface area contributed by atoms with Crippen LogP contribution < -0.4 is 5.73 Å². The van der Waals surface area contributed by atoms with E-state index in [1.54, 1.807) is 0 Å². The van der Waals surface area contributed by atoms with Crippen LogP contribution in [0.3, 0.4) is 0 Å². The van der Waals surface area contributed by atoms with E-state index in [0.29, 0.717) is 5.92 Å². The molecule has 2 aliphatic heterocycles. The van der Waals surface area contributed by atoms with Crippen LogP contribution in [0, 0.1) is 5.92 Å². The number of hydrogen-bond donors (Lipinski definition) is 1. The van der Waals surface area contributed by atoms with Crippen LogP contribution in [-0.4, -0.2) is 24.0 Å². The van der Waals surface area contributed by atoms with E-state index in [2.05, 4.69) is 18.7 Å². The van der Waals surface area contributed by atoms with Gasteiger partial charge in [-0.15, -0.1) is 0 Å². The lowest BCUT2D eigenvalue weighted by atomic mass is 9.84. The Morgan fingerprint density at radius 2 is 1.93 bits per heavy atom. The number of rotatable bonds is 0. The van der Waals surface area contributed by atoms with E-state index < -0.39 is 0 Å². The highest BCUT2D eigenvalue weighted by atomic mass is 15.2. The largest absolute Gasteiger partial charge is 0.402 e. The molecule has 88 valence electrons. The molecule has 15 heavy (non-hydrogen) atoms. The Bertz CT molecular complexity index is 233. The first-order valence-electron chi connectivity index (χ1n) is 6.39. The predicted octanol–water partition coefficient (Wildman–Crippen LogP) is 2.75. The van der Waals surface area contributed by atoms with Crippen LogP contribution in [0.4, 0.5) is 0 Å². The maximum Gasteiger partial charge on any atom is 0.0213 e. The van der Waals surface area contributed by atoms with Gasteiger partial charge in [0, 0.05) is 24.2 Å². The van der Waals surface area contributed by atoms with E-state index in [1.807, 2.05) is 13.8 Å². The van der Waals surface area contributed by atoms with Gasteiger partial charge in [0.2, 0.25) is 0 Å².